The Kier molecular flexibility index (Phi) is 6.88. The second-order valence-electron chi connectivity index (χ2n) is 6.79. The highest BCUT2D eigenvalue weighted by molar-refractivity contribution is 5.81. The molecule has 0 radical (unpaired) electrons. The van der Waals surface area contributed by atoms with Crippen LogP contribution in [-0.2, 0) is 22.6 Å². The minimum atomic E-state index is -0.952. The molecule has 2 aromatic carbocycles. The van der Waals surface area contributed by atoms with Gasteiger partial charge in [0.1, 0.15) is 12.4 Å². The van der Waals surface area contributed by atoms with Crippen molar-refractivity contribution in [1.29, 1.82) is 0 Å². The average Bonchev–Trinajstić information content (AvgIpc) is 2.74. The highest BCUT2D eigenvalue weighted by Crippen LogP contribution is 2.21. The Morgan fingerprint density at radius 3 is 2.45 bits per heavy atom. The Morgan fingerprint density at radius 1 is 1.00 bits per heavy atom. The topological polar surface area (TPSA) is 87.1 Å². The maximum Gasteiger partial charge on any atom is 0.303 e. The van der Waals surface area contributed by atoms with Crippen molar-refractivity contribution >= 4 is 11.9 Å². The molecule has 3 rings (SSSR count). The second kappa shape index (κ2) is 9.76. The summed E-state index contributed by atoms with van der Waals surface area (Å²) in [7, 11) is 0. The third-order valence-corrected chi connectivity index (χ3v) is 4.69. The zero-order valence-corrected chi connectivity index (χ0v) is 16.1. The number of carboxylic acid groups (broad SMARTS) is 1. The lowest BCUT2D eigenvalue weighted by Gasteiger charge is -2.29. The van der Waals surface area contributed by atoms with Crippen molar-refractivity contribution in [3.8, 4) is 17.6 Å². The number of carbonyl (C=O) groups excluding carboxylic acids is 1. The van der Waals surface area contributed by atoms with Crippen molar-refractivity contribution in [2.75, 3.05) is 19.8 Å². The first-order valence-electron chi connectivity index (χ1n) is 9.52. The van der Waals surface area contributed by atoms with Crippen LogP contribution in [-0.4, -0.2) is 46.7 Å². The fourth-order valence-corrected chi connectivity index (χ4v) is 3.16. The Balaban J connectivity index is 1.63. The lowest BCUT2D eigenvalue weighted by molar-refractivity contribution is -0.141. The normalized spacial score (nSPS) is 12.5. The molecule has 2 aromatic rings. The van der Waals surface area contributed by atoms with Crippen molar-refractivity contribution < 1.29 is 24.5 Å². The molecule has 6 nitrogen and oxygen atoms in total. The molecule has 29 heavy (non-hydrogen) atoms. The third kappa shape index (κ3) is 5.84. The van der Waals surface area contributed by atoms with Crippen LogP contribution in [0.4, 0.5) is 0 Å². The quantitative estimate of drug-likeness (QED) is 0.735. The molecular weight excluding hydrogens is 370 g/mol. The standard InChI is InChI=1S/C23H23NO5/c25-13-14-29-21-7-4-17(5-8-21)1-2-18-3-6-20-16-24(12-11-19(20)15-18)22(26)9-10-23(27)28/h3-8,15,25H,9-14,16H2,(H,27,28). The number of carboxylic acids is 1. The van der Waals surface area contributed by atoms with Crippen molar-refractivity contribution in [3.05, 3.63) is 64.7 Å². The van der Waals surface area contributed by atoms with Gasteiger partial charge in [0.05, 0.1) is 13.0 Å². The molecule has 0 bridgehead atoms. The van der Waals surface area contributed by atoms with E-state index in [1.807, 2.05) is 36.4 Å². The number of hydrogen-bond donors (Lipinski definition) is 2. The van der Waals surface area contributed by atoms with Crippen LogP contribution < -0.4 is 4.74 Å². The minimum absolute atomic E-state index is 0.0197. The van der Waals surface area contributed by atoms with Gasteiger partial charge in [0.2, 0.25) is 5.91 Å². The Bertz CT molecular complexity index is 940. The van der Waals surface area contributed by atoms with Crippen LogP contribution in [0.3, 0.4) is 0 Å². The van der Waals surface area contributed by atoms with Crippen LogP contribution in [0, 0.1) is 11.8 Å². The number of aliphatic hydroxyl groups excluding tert-OH is 1. The summed E-state index contributed by atoms with van der Waals surface area (Å²) in [5, 5.41) is 17.5. The van der Waals surface area contributed by atoms with E-state index in [9.17, 15) is 9.59 Å². The molecule has 2 N–H and O–H groups in total. The lowest BCUT2D eigenvalue weighted by atomic mass is 9.97. The molecule has 0 saturated carbocycles. The summed E-state index contributed by atoms with van der Waals surface area (Å²) in [5.41, 5.74) is 4.03. The summed E-state index contributed by atoms with van der Waals surface area (Å²) in [4.78, 5) is 24.5. The fraction of sp³-hybridized carbons (Fsp3) is 0.304. The van der Waals surface area contributed by atoms with E-state index >= 15 is 0 Å². The van der Waals surface area contributed by atoms with Gasteiger partial charge in [-0.3, -0.25) is 9.59 Å². The average molecular weight is 393 g/mol. The first-order chi connectivity index (χ1) is 14.0. The van der Waals surface area contributed by atoms with E-state index in [0.717, 1.165) is 23.1 Å². The van der Waals surface area contributed by atoms with Gasteiger partial charge in [-0.1, -0.05) is 17.9 Å². The van der Waals surface area contributed by atoms with Crippen molar-refractivity contribution in [2.45, 2.75) is 25.8 Å². The molecule has 1 aliphatic rings. The largest absolute Gasteiger partial charge is 0.491 e. The van der Waals surface area contributed by atoms with E-state index in [-0.39, 0.29) is 32.0 Å². The zero-order valence-electron chi connectivity index (χ0n) is 16.1. The zero-order chi connectivity index (χ0) is 20.6. The second-order valence-corrected chi connectivity index (χ2v) is 6.79. The molecule has 0 spiro atoms. The first-order valence-corrected chi connectivity index (χ1v) is 9.52. The monoisotopic (exact) mass is 393 g/mol. The number of carbonyl (C=O) groups is 2. The van der Waals surface area contributed by atoms with E-state index in [1.165, 1.54) is 5.56 Å². The number of aliphatic hydroxyl groups is 1. The maximum absolute atomic E-state index is 12.1. The van der Waals surface area contributed by atoms with Gasteiger partial charge in [-0.15, -0.1) is 0 Å². The number of benzene rings is 2. The van der Waals surface area contributed by atoms with Crippen LogP contribution >= 0.6 is 0 Å². The number of ether oxygens (including phenoxy) is 1. The van der Waals surface area contributed by atoms with Crippen LogP contribution in [0.25, 0.3) is 0 Å². The Morgan fingerprint density at radius 2 is 1.72 bits per heavy atom. The number of aliphatic carboxylic acids is 1. The van der Waals surface area contributed by atoms with E-state index in [0.29, 0.717) is 18.8 Å². The molecule has 0 saturated heterocycles. The van der Waals surface area contributed by atoms with Gasteiger partial charge in [-0.2, -0.15) is 0 Å². The summed E-state index contributed by atoms with van der Waals surface area (Å²) < 4.78 is 5.33. The molecular formula is C23H23NO5. The summed E-state index contributed by atoms with van der Waals surface area (Å²) in [6.45, 7) is 1.35. The van der Waals surface area contributed by atoms with Gasteiger partial charge in [0.15, 0.2) is 0 Å². The Labute approximate surface area is 169 Å². The maximum atomic E-state index is 12.1. The number of hydrogen-bond acceptors (Lipinski definition) is 4. The molecule has 1 heterocycles. The number of rotatable bonds is 6. The van der Waals surface area contributed by atoms with Crippen LogP contribution in [0.2, 0.25) is 0 Å². The van der Waals surface area contributed by atoms with Crippen LogP contribution in [0.1, 0.15) is 35.1 Å². The van der Waals surface area contributed by atoms with Gasteiger partial charge in [-0.05, 0) is 53.9 Å². The SMILES string of the molecule is O=C(O)CCC(=O)N1CCc2cc(C#Cc3ccc(OCCO)cc3)ccc2C1. The summed E-state index contributed by atoms with van der Waals surface area (Å²) in [6, 6.07) is 13.4. The Hall–Kier alpha value is -3.30. The number of nitrogens with zero attached hydrogens (tertiary/aromatic N) is 1. The van der Waals surface area contributed by atoms with E-state index in [1.54, 1.807) is 4.90 Å². The van der Waals surface area contributed by atoms with Gasteiger partial charge in [-0.25, -0.2) is 0 Å². The van der Waals surface area contributed by atoms with Gasteiger partial charge in [0.25, 0.3) is 0 Å². The predicted octanol–water partition coefficient (Wildman–Crippen LogP) is 2.21. The minimum Gasteiger partial charge on any atom is -0.491 e. The van der Waals surface area contributed by atoms with Gasteiger partial charge < -0.3 is 19.8 Å². The molecule has 0 atom stereocenters. The molecule has 0 aromatic heterocycles. The molecule has 6 heteroatoms. The lowest BCUT2D eigenvalue weighted by Crippen LogP contribution is -2.36. The van der Waals surface area contributed by atoms with Crippen molar-refractivity contribution in [2.24, 2.45) is 0 Å². The third-order valence-electron chi connectivity index (χ3n) is 4.69. The molecule has 150 valence electrons. The highest BCUT2D eigenvalue weighted by Gasteiger charge is 2.21. The van der Waals surface area contributed by atoms with Crippen LogP contribution in [0.5, 0.6) is 5.75 Å². The number of amides is 1. The van der Waals surface area contributed by atoms with Crippen molar-refractivity contribution in [1.82, 2.24) is 4.90 Å². The molecule has 1 amide bonds. The summed E-state index contributed by atoms with van der Waals surface area (Å²) in [6.07, 6.45) is 0.643. The van der Waals surface area contributed by atoms with E-state index in [4.69, 9.17) is 14.9 Å². The molecule has 1 aliphatic heterocycles. The highest BCUT2D eigenvalue weighted by atomic mass is 16.5. The first kappa shape index (κ1) is 20.4. The van der Waals surface area contributed by atoms with E-state index in [2.05, 4.69) is 17.9 Å². The fourth-order valence-electron chi connectivity index (χ4n) is 3.16. The predicted molar refractivity (Wildman–Crippen MR) is 107 cm³/mol. The van der Waals surface area contributed by atoms with Crippen molar-refractivity contribution in [3.63, 3.8) is 0 Å². The molecule has 0 unspecified atom stereocenters. The van der Waals surface area contributed by atoms with E-state index < -0.39 is 5.97 Å². The van der Waals surface area contributed by atoms with Gasteiger partial charge >= 0.3 is 5.97 Å². The van der Waals surface area contributed by atoms with Crippen LogP contribution in [0.15, 0.2) is 42.5 Å². The molecule has 0 aliphatic carbocycles. The number of fused-ring (bicyclic) bond motifs is 1. The summed E-state index contributed by atoms with van der Waals surface area (Å²) in [5.74, 6) is 5.92. The van der Waals surface area contributed by atoms with Gasteiger partial charge in [0, 0.05) is 30.6 Å². The smallest absolute Gasteiger partial charge is 0.303 e. The summed E-state index contributed by atoms with van der Waals surface area (Å²) >= 11 is 0. The molecule has 0 fully saturated rings.